The molecule has 1 atom stereocenters. The molecule has 352 valence electrons. The van der Waals surface area contributed by atoms with E-state index < -0.39 is 27.6 Å². The Labute approximate surface area is 384 Å². The quantitative estimate of drug-likeness (QED) is 0.153. The average Bonchev–Trinajstić information content (AvgIpc) is 3.81. The lowest BCUT2D eigenvalue weighted by atomic mass is 9.77. The third kappa shape index (κ3) is 8.62. The minimum absolute atomic E-state index is 0.00391. The molecule has 3 aromatic heterocycles. The summed E-state index contributed by atoms with van der Waals surface area (Å²) in [7, 11) is -1.44. The Bertz CT molecular complexity index is 2760. The van der Waals surface area contributed by atoms with Crippen LogP contribution in [0, 0.1) is 24.5 Å². The fourth-order valence-corrected chi connectivity index (χ4v) is 13.9. The number of likely N-dealkylation sites (tertiary alicyclic amines) is 2. The van der Waals surface area contributed by atoms with Gasteiger partial charge in [0.2, 0.25) is 17.8 Å². The highest BCUT2D eigenvalue weighted by Gasteiger charge is 2.42. The lowest BCUT2D eigenvalue weighted by Crippen LogP contribution is -3.16. The van der Waals surface area contributed by atoms with E-state index in [1.807, 2.05) is 37.1 Å². The Morgan fingerprint density at radius 2 is 1.65 bits per heavy atom. The molecule has 10 rings (SSSR count). The van der Waals surface area contributed by atoms with E-state index in [2.05, 4.69) is 53.6 Å². The largest absolute Gasteiger partial charge is 0.351 e. The summed E-state index contributed by atoms with van der Waals surface area (Å²) in [5, 5.41) is 11.1. The van der Waals surface area contributed by atoms with Crippen LogP contribution in [0.4, 0.5) is 14.7 Å². The molecule has 5 aromatic rings. The molecular weight excluding hydrogens is 865 g/mol. The van der Waals surface area contributed by atoms with Crippen molar-refractivity contribution in [1.29, 1.82) is 0 Å². The van der Waals surface area contributed by atoms with Crippen molar-refractivity contribution in [2.24, 2.45) is 13.0 Å². The number of imidazole rings is 1. The number of amides is 2. The number of piperidine rings is 4. The van der Waals surface area contributed by atoms with Crippen LogP contribution in [0.2, 0.25) is 0 Å². The van der Waals surface area contributed by atoms with Gasteiger partial charge in [-0.15, -0.1) is 0 Å². The predicted octanol–water partition coefficient (Wildman–Crippen LogP) is 4.98. The molecule has 15 nitrogen and oxygen atoms in total. The zero-order valence-corrected chi connectivity index (χ0v) is 39.2. The molecular formula is C48H62F2N11O4S+. The van der Waals surface area contributed by atoms with Crippen LogP contribution in [-0.2, 0) is 26.7 Å². The van der Waals surface area contributed by atoms with Crippen LogP contribution in [-0.4, -0.2) is 122 Å². The first-order valence-corrected chi connectivity index (χ1v) is 25.6. The molecule has 0 spiro atoms. The first-order chi connectivity index (χ1) is 31.7. The van der Waals surface area contributed by atoms with Gasteiger partial charge in [-0.2, -0.15) is 13.5 Å². The first kappa shape index (κ1) is 44.9. The number of aryl methyl sites for hydroxylation is 2. The van der Waals surface area contributed by atoms with Gasteiger partial charge in [-0.25, -0.2) is 28.0 Å². The smallest absolute Gasteiger partial charge is 0.298 e. The Morgan fingerprint density at radius 1 is 0.909 bits per heavy atom. The van der Waals surface area contributed by atoms with Crippen LogP contribution in [0.25, 0.3) is 33.2 Å². The zero-order chi connectivity index (χ0) is 46.0. The molecule has 0 bridgehead atoms. The summed E-state index contributed by atoms with van der Waals surface area (Å²) in [5.74, 6) is -0.0403. The number of rotatable bonds is 11. The highest BCUT2D eigenvalue weighted by atomic mass is 32.2. The van der Waals surface area contributed by atoms with Gasteiger partial charge in [0.25, 0.3) is 10.0 Å². The lowest BCUT2D eigenvalue weighted by molar-refractivity contribution is -0.774. The molecule has 4 aliphatic heterocycles. The normalized spacial score (nSPS) is 25.5. The predicted molar refractivity (Wildman–Crippen MR) is 247 cm³/mol. The molecule has 3 N–H and O–H groups in total. The highest BCUT2D eigenvalue weighted by molar-refractivity contribution is 7.85. The Balaban J connectivity index is 0.660. The van der Waals surface area contributed by atoms with E-state index in [1.165, 1.54) is 24.5 Å². The van der Waals surface area contributed by atoms with Crippen LogP contribution < -0.4 is 14.9 Å². The molecule has 1 unspecified atom stereocenters. The molecule has 4 saturated heterocycles. The number of carbonyl (C=O) groups is 2. The number of hydrogen-bond acceptors (Lipinski definition) is 11. The molecule has 1 saturated carbocycles. The van der Waals surface area contributed by atoms with Gasteiger partial charge in [0.05, 0.1) is 41.9 Å². The second kappa shape index (κ2) is 18.0. The summed E-state index contributed by atoms with van der Waals surface area (Å²) >= 11 is 0. The number of fused-ring (bicyclic) bond motifs is 2. The minimum atomic E-state index is -3.37. The van der Waals surface area contributed by atoms with Gasteiger partial charge in [-0.1, -0.05) is 12.1 Å². The van der Waals surface area contributed by atoms with Gasteiger partial charge in [0.15, 0.2) is 11.6 Å². The number of halogens is 2. The SMILES string of the molecule is Cc1nc2c(F)cc(-c3nc(NC4CC[NH+](S(=O)(=O)C5CCN(CC6CC(N7CCC(c8ccc9c(C%10CCC(=O)NC%10=O)nn(C)c9c8)CC7)C6)CC5)CC4)ncc3F)cc2n1C(C)C. The number of hydrogen-bond donors (Lipinski definition) is 3. The first-order valence-electron chi connectivity index (χ1n) is 24.0. The Hall–Kier alpha value is -4.91. The van der Waals surface area contributed by atoms with E-state index >= 15 is 8.78 Å². The maximum absolute atomic E-state index is 15.2. The van der Waals surface area contributed by atoms with Gasteiger partial charge in [0.1, 0.15) is 22.3 Å². The molecule has 0 radical (unpaired) electrons. The van der Waals surface area contributed by atoms with Crippen molar-refractivity contribution in [3.05, 3.63) is 65.2 Å². The average molecular weight is 927 g/mol. The standard InChI is InChI=1S/C48H61F2N11O4S/c1-28(2)61-29(3)52-46-39(49)23-33(25-42(46)61)44-40(50)26-51-48(55-44)53-34-11-19-60(20-12-34)66(64,65)36-13-15-58(16-14-36)27-30-21-35(22-30)59-17-9-31(10-18-59)32-5-6-37-41(24-32)57(4)56-45(37)38-7-8-43(62)54-47(38)63/h5-6,23-26,28,30-31,34-36,38H,7-22,27H2,1-4H3,(H,51,53,55)(H,54,62,63)/p+1. The van der Waals surface area contributed by atoms with Gasteiger partial charge in [0, 0.05) is 61.9 Å². The molecule has 1 aliphatic carbocycles. The molecule has 2 amide bonds. The molecule has 7 heterocycles. The fourth-order valence-electron chi connectivity index (χ4n) is 11.8. The molecule has 2 aromatic carbocycles. The number of benzene rings is 2. The van der Waals surface area contributed by atoms with Crippen molar-refractivity contribution in [2.75, 3.05) is 51.1 Å². The number of quaternary nitrogens is 1. The second-order valence-corrected chi connectivity index (χ2v) is 22.3. The molecule has 5 aliphatic rings. The number of carbonyl (C=O) groups excluding carboxylic acids is 2. The van der Waals surface area contributed by atoms with Crippen LogP contribution >= 0.6 is 0 Å². The topological polar surface area (TPSA) is 165 Å². The van der Waals surface area contributed by atoms with Gasteiger partial charge in [-0.05, 0) is 127 Å². The number of nitrogens with one attached hydrogen (secondary N) is 3. The summed E-state index contributed by atoms with van der Waals surface area (Å²) in [6.45, 7) is 11.6. The van der Waals surface area contributed by atoms with Crippen molar-refractivity contribution < 1.29 is 31.1 Å². The van der Waals surface area contributed by atoms with Crippen LogP contribution in [0.15, 0.2) is 36.5 Å². The summed E-state index contributed by atoms with van der Waals surface area (Å²) < 4.78 is 62.6. The zero-order valence-electron chi connectivity index (χ0n) is 38.4. The highest BCUT2D eigenvalue weighted by Crippen LogP contribution is 2.39. The molecule has 66 heavy (non-hydrogen) atoms. The maximum atomic E-state index is 15.2. The van der Waals surface area contributed by atoms with E-state index in [4.69, 9.17) is 5.10 Å². The van der Waals surface area contributed by atoms with E-state index in [-0.39, 0.29) is 46.3 Å². The van der Waals surface area contributed by atoms with Crippen LogP contribution in [0.3, 0.4) is 0 Å². The molecule has 18 heteroatoms. The van der Waals surface area contributed by atoms with Gasteiger partial charge < -0.3 is 19.7 Å². The van der Waals surface area contributed by atoms with Crippen LogP contribution in [0.5, 0.6) is 0 Å². The Morgan fingerprint density at radius 3 is 2.36 bits per heavy atom. The number of anilines is 1. The number of imide groups is 1. The van der Waals surface area contributed by atoms with Crippen molar-refractivity contribution in [3.63, 3.8) is 0 Å². The van der Waals surface area contributed by atoms with Crippen molar-refractivity contribution in [2.45, 2.75) is 120 Å². The number of sulfonamides is 1. The van der Waals surface area contributed by atoms with Gasteiger partial charge in [-0.3, -0.25) is 19.6 Å². The summed E-state index contributed by atoms with van der Waals surface area (Å²) in [6, 6.07) is 10.1. The minimum Gasteiger partial charge on any atom is -0.351 e. The van der Waals surface area contributed by atoms with E-state index in [0.29, 0.717) is 90.7 Å². The van der Waals surface area contributed by atoms with Crippen molar-refractivity contribution >= 4 is 49.7 Å². The van der Waals surface area contributed by atoms with E-state index in [9.17, 15) is 18.0 Å². The fraction of sp³-hybridized carbons (Fsp3) is 0.583. The summed E-state index contributed by atoms with van der Waals surface area (Å²) in [5.41, 5.74) is 4.22. The lowest BCUT2D eigenvalue weighted by Gasteiger charge is -2.47. The van der Waals surface area contributed by atoms with Crippen LogP contribution in [0.1, 0.15) is 113 Å². The number of aromatic nitrogens is 6. The van der Waals surface area contributed by atoms with Crippen molar-refractivity contribution in [3.8, 4) is 11.3 Å². The third-order valence-corrected chi connectivity index (χ3v) is 18.0. The third-order valence-electron chi connectivity index (χ3n) is 15.4. The second-order valence-electron chi connectivity index (χ2n) is 19.9. The monoisotopic (exact) mass is 926 g/mol. The van der Waals surface area contributed by atoms with Gasteiger partial charge >= 0.3 is 0 Å². The molecule has 5 fully saturated rings. The number of nitrogens with zero attached hydrogens (tertiary/aromatic N) is 8. The summed E-state index contributed by atoms with van der Waals surface area (Å²) in [4.78, 5) is 42.5. The maximum Gasteiger partial charge on any atom is 0.298 e. The van der Waals surface area contributed by atoms with E-state index in [1.54, 1.807) is 6.07 Å². The summed E-state index contributed by atoms with van der Waals surface area (Å²) in [6.07, 6.45) is 9.07. The van der Waals surface area contributed by atoms with Crippen molar-refractivity contribution in [1.82, 2.24) is 44.4 Å². The Kier molecular flexibility index (Phi) is 12.2. The van der Waals surface area contributed by atoms with E-state index in [0.717, 1.165) is 68.4 Å².